The Balaban J connectivity index is 2.30. The number of ether oxygens (including phenoxy) is 1. The molecule has 2 aromatic carbocycles. The number of methoxy groups -OCH3 is 1. The van der Waals surface area contributed by atoms with Crippen LogP contribution in [-0.4, -0.2) is 19.0 Å². The van der Waals surface area contributed by atoms with Gasteiger partial charge in [0.05, 0.1) is 12.7 Å². The minimum Gasteiger partial charge on any atom is -0.467 e. The van der Waals surface area contributed by atoms with Gasteiger partial charge in [0.15, 0.2) is 6.04 Å². The van der Waals surface area contributed by atoms with Gasteiger partial charge in [-0.15, -0.1) is 0 Å². The number of hydrogen-bond donors (Lipinski definition) is 1. The average molecular weight is 445 g/mol. The molecule has 0 saturated heterocycles. The van der Waals surface area contributed by atoms with Gasteiger partial charge in [-0.25, -0.2) is 9.18 Å². The summed E-state index contributed by atoms with van der Waals surface area (Å²) in [5, 5.41) is 2.56. The summed E-state index contributed by atoms with van der Waals surface area (Å²) in [4.78, 5) is 24.3. The largest absolute Gasteiger partial charge is 0.467 e. The van der Waals surface area contributed by atoms with Crippen LogP contribution in [0.4, 0.5) is 4.39 Å². The average Bonchev–Trinajstić information content (AvgIpc) is 2.55. The van der Waals surface area contributed by atoms with Crippen molar-refractivity contribution in [1.29, 1.82) is 0 Å². The van der Waals surface area contributed by atoms with Crippen LogP contribution >= 0.6 is 31.9 Å². The molecule has 2 rings (SSSR count). The van der Waals surface area contributed by atoms with E-state index in [1.165, 1.54) is 19.2 Å². The first-order valence-electron chi connectivity index (χ1n) is 6.51. The number of amides is 1. The van der Waals surface area contributed by atoms with Crippen molar-refractivity contribution >= 4 is 43.7 Å². The Hall–Kier alpha value is -1.73. The van der Waals surface area contributed by atoms with E-state index in [-0.39, 0.29) is 5.56 Å². The van der Waals surface area contributed by atoms with Crippen LogP contribution in [0.3, 0.4) is 0 Å². The second kappa shape index (κ2) is 7.70. The molecule has 1 atom stereocenters. The maximum absolute atomic E-state index is 13.3. The van der Waals surface area contributed by atoms with E-state index in [0.29, 0.717) is 10.0 Å². The number of esters is 1. The lowest BCUT2D eigenvalue weighted by Crippen LogP contribution is -2.34. The smallest absolute Gasteiger partial charge is 0.333 e. The SMILES string of the molecule is COC(=O)C(NC(=O)c1cc(F)ccc1Br)c1ccc(Br)cc1. The Bertz CT molecular complexity index is 735. The topological polar surface area (TPSA) is 55.4 Å². The van der Waals surface area contributed by atoms with Crippen molar-refractivity contribution in [2.75, 3.05) is 7.11 Å². The van der Waals surface area contributed by atoms with Gasteiger partial charge in [-0.2, -0.15) is 0 Å². The van der Waals surface area contributed by atoms with E-state index in [1.807, 2.05) is 0 Å². The summed E-state index contributed by atoms with van der Waals surface area (Å²) in [6, 6.07) is 9.62. The van der Waals surface area contributed by atoms with Crippen LogP contribution in [-0.2, 0) is 9.53 Å². The summed E-state index contributed by atoms with van der Waals surface area (Å²) >= 11 is 6.49. The number of carbonyl (C=O) groups is 2. The highest BCUT2D eigenvalue weighted by molar-refractivity contribution is 9.10. The second-order valence-corrected chi connectivity index (χ2v) is 6.38. The van der Waals surface area contributed by atoms with Crippen LogP contribution in [0.1, 0.15) is 22.0 Å². The fraction of sp³-hybridized carbons (Fsp3) is 0.125. The minimum atomic E-state index is -0.990. The molecule has 0 bridgehead atoms. The quantitative estimate of drug-likeness (QED) is 0.725. The van der Waals surface area contributed by atoms with Crippen molar-refractivity contribution in [3.05, 3.63) is 68.4 Å². The minimum absolute atomic E-state index is 0.0935. The number of carbonyl (C=O) groups excluding carboxylic acids is 2. The lowest BCUT2D eigenvalue weighted by Gasteiger charge is -2.17. The van der Waals surface area contributed by atoms with Gasteiger partial charge in [0, 0.05) is 8.95 Å². The highest BCUT2D eigenvalue weighted by Crippen LogP contribution is 2.21. The zero-order chi connectivity index (χ0) is 17.0. The van der Waals surface area contributed by atoms with Gasteiger partial charge in [0.1, 0.15) is 5.82 Å². The van der Waals surface area contributed by atoms with Crippen molar-refractivity contribution in [3.8, 4) is 0 Å². The molecule has 0 spiro atoms. The van der Waals surface area contributed by atoms with Crippen LogP contribution in [0.25, 0.3) is 0 Å². The number of hydrogen-bond acceptors (Lipinski definition) is 3. The lowest BCUT2D eigenvalue weighted by atomic mass is 10.1. The van der Waals surface area contributed by atoms with Gasteiger partial charge >= 0.3 is 5.97 Å². The summed E-state index contributed by atoms with van der Waals surface area (Å²) in [5.41, 5.74) is 0.650. The van der Waals surface area contributed by atoms with Gasteiger partial charge in [-0.1, -0.05) is 28.1 Å². The summed E-state index contributed by atoms with van der Waals surface area (Å²) in [7, 11) is 1.23. The predicted octanol–water partition coefficient (Wildman–Crippen LogP) is 3.99. The van der Waals surface area contributed by atoms with Gasteiger partial charge in [0.2, 0.25) is 0 Å². The summed E-state index contributed by atoms with van der Waals surface area (Å²) in [6.45, 7) is 0. The molecule has 2 aromatic rings. The van der Waals surface area contributed by atoms with E-state index in [4.69, 9.17) is 4.74 Å². The third kappa shape index (κ3) is 4.39. The summed E-state index contributed by atoms with van der Waals surface area (Å²) in [5.74, 6) is -1.75. The van der Waals surface area contributed by atoms with Crippen LogP contribution in [0.2, 0.25) is 0 Å². The van der Waals surface area contributed by atoms with Gasteiger partial charge in [-0.05, 0) is 51.8 Å². The first-order valence-corrected chi connectivity index (χ1v) is 8.10. The standard InChI is InChI=1S/C16H12Br2FNO3/c1-23-16(22)14(9-2-4-10(17)5-3-9)20-15(21)12-8-11(19)6-7-13(12)18/h2-8,14H,1H3,(H,20,21). The van der Waals surface area contributed by atoms with E-state index in [2.05, 4.69) is 37.2 Å². The van der Waals surface area contributed by atoms with Crippen molar-refractivity contribution in [3.63, 3.8) is 0 Å². The van der Waals surface area contributed by atoms with E-state index in [0.717, 1.165) is 10.5 Å². The zero-order valence-corrected chi connectivity index (χ0v) is 15.1. The molecule has 1 amide bonds. The van der Waals surface area contributed by atoms with Crippen LogP contribution in [0, 0.1) is 5.82 Å². The number of halogens is 3. The van der Waals surface area contributed by atoms with Crippen molar-refractivity contribution in [2.45, 2.75) is 6.04 Å². The molecule has 1 unspecified atom stereocenters. The molecule has 0 aliphatic heterocycles. The third-order valence-electron chi connectivity index (χ3n) is 3.09. The van der Waals surface area contributed by atoms with Gasteiger partial charge in [-0.3, -0.25) is 4.79 Å². The van der Waals surface area contributed by atoms with Gasteiger partial charge in [0.25, 0.3) is 5.91 Å². The molecule has 4 nitrogen and oxygen atoms in total. The Kier molecular flexibility index (Phi) is 5.90. The predicted molar refractivity (Wildman–Crippen MR) is 90.5 cm³/mol. The van der Waals surface area contributed by atoms with E-state index in [1.54, 1.807) is 24.3 Å². The molecule has 0 heterocycles. The van der Waals surface area contributed by atoms with Crippen molar-refractivity contribution in [2.24, 2.45) is 0 Å². The molecule has 0 fully saturated rings. The third-order valence-corrected chi connectivity index (χ3v) is 4.31. The molecule has 0 saturated carbocycles. The normalized spacial score (nSPS) is 11.7. The Labute approximate surface area is 149 Å². The Morgan fingerprint density at radius 2 is 1.78 bits per heavy atom. The lowest BCUT2D eigenvalue weighted by molar-refractivity contribution is -0.143. The van der Waals surface area contributed by atoms with Gasteiger partial charge < -0.3 is 10.1 Å². The molecule has 0 aromatic heterocycles. The van der Waals surface area contributed by atoms with Crippen LogP contribution < -0.4 is 5.32 Å². The molecule has 0 aliphatic rings. The molecule has 7 heteroatoms. The maximum Gasteiger partial charge on any atom is 0.333 e. The van der Waals surface area contributed by atoms with Crippen molar-refractivity contribution < 1.29 is 18.7 Å². The first-order chi connectivity index (χ1) is 10.9. The fourth-order valence-corrected chi connectivity index (χ4v) is 2.62. The highest BCUT2D eigenvalue weighted by Gasteiger charge is 2.25. The highest BCUT2D eigenvalue weighted by atomic mass is 79.9. The first kappa shape index (κ1) is 17.6. The molecule has 1 N–H and O–H groups in total. The van der Waals surface area contributed by atoms with Crippen molar-refractivity contribution in [1.82, 2.24) is 5.32 Å². The molecule has 0 aliphatic carbocycles. The van der Waals surface area contributed by atoms with E-state index < -0.39 is 23.7 Å². The fourth-order valence-electron chi connectivity index (χ4n) is 1.93. The summed E-state index contributed by atoms with van der Waals surface area (Å²) < 4.78 is 19.3. The van der Waals surface area contributed by atoms with Crippen LogP contribution in [0.15, 0.2) is 51.4 Å². The maximum atomic E-state index is 13.3. The molecular formula is C16H12Br2FNO3. The van der Waals surface area contributed by atoms with E-state index >= 15 is 0 Å². The second-order valence-electron chi connectivity index (χ2n) is 4.61. The number of benzene rings is 2. The van der Waals surface area contributed by atoms with Crippen LogP contribution in [0.5, 0.6) is 0 Å². The summed E-state index contributed by atoms with van der Waals surface area (Å²) in [6.07, 6.45) is 0. The number of rotatable bonds is 4. The molecule has 120 valence electrons. The Morgan fingerprint density at radius 3 is 2.39 bits per heavy atom. The van der Waals surface area contributed by atoms with E-state index in [9.17, 15) is 14.0 Å². The Morgan fingerprint density at radius 1 is 1.13 bits per heavy atom. The number of nitrogens with one attached hydrogen (secondary N) is 1. The monoisotopic (exact) mass is 443 g/mol. The zero-order valence-electron chi connectivity index (χ0n) is 12.0. The molecule has 23 heavy (non-hydrogen) atoms. The molecular weight excluding hydrogens is 433 g/mol. The molecule has 0 radical (unpaired) electrons.